The Morgan fingerprint density at radius 3 is 2.91 bits per heavy atom. The van der Waals surface area contributed by atoms with Crippen molar-refractivity contribution in [1.29, 1.82) is 0 Å². The molecule has 1 atom stereocenters. The highest BCUT2D eigenvalue weighted by Gasteiger charge is 2.20. The van der Waals surface area contributed by atoms with Crippen molar-refractivity contribution in [2.24, 2.45) is 13.0 Å². The molecule has 0 aliphatic carbocycles. The van der Waals surface area contributed by atoms with Gasteiger partial charge in [0.15, 0.2) is 0 Å². The van der Waals surface area contributed by atoms with Crippen molar-refractivity contribution in [3.63, 3.8) is 0 Å². The lowest BCUT2D eigenvalue weighted by Gasteiger charge is -2.22. The van der Waals surface area contributed by atoms with E-state index in [0.717, 1.165) is 56.5 Å². The van der Waals surface area contributed by atoms with E-state index in [4.69, 9.17) is 4.74 Å². The molecule has 0 radical (unpaired) electrons. The highest BCUT2D eigenvalue weighted by Crippen LogP contribution is 2.14. The van der Waals surface area contributed by atoms with Gasteiger partial charge in [-0.3, -0.25) is 14.9 Å². The Hall–Kier alpha value is -1.79. The van der Waals surface area contributed by atoms with Crippen LogP contribution < -0.4 is 0 Å². The first-order chi connectivity index (χ1) is 10.7. The fourth-order valence-corrected chi connectivity index (χ4v) is 2.79. The summed E-state index contributed by atoms with van der Waals surface area (Å²) in [4.78, 5) is 15.6. The Labute approximate surface area is 131 Å². The fourth-order valence-electron chi connectivity index (χ4n) is 2.79. The highest BCUT2D eigenvalue weighted by molar-refractivity contribution is 5.02. The molecule has 118 valence electrons. The molecule has 1 aliphatic heterocycles. The standard InChI is InChI=1S/C16H23N5O/c1-13-8-19-15(9-18-13)7-14-10-21(5-6-22-12-14)11-16-17-3-4-20(16)2/h3-4,8-9,14H,5-7,10-12H2,1-2H3/t14-/m0/s1. The van der Waals surface area contributed by atoms with Crippen LogP contribution in [0, 0.1) is 12.8 Å². The molecule has 0 N–H and O–H groups in total. The minimum absolute atomic E-state index is 0.444. The van der Waals surface area contributed by atoms with E-state index in [1.165, 1.54) is 0 Å². The van der Waals surface area contributed by atoms with Gasteiger partial charge in [0.05, 0.1) is 31.1 Å². The zero-order chi connectivity index (χ0) is 15.4. The number of hydrogen-bond donors (Lipinski definition) is 0. The Kier molecular flexibility index (Phi) is 4.80. The molecular weight excluding hydrogens is 278 g/mol. The molecule has 0 amide bonds. The SMILES string of the molecule is Cc1cnc(C[C@@H]2COCCN(Cc3nccn3C)C2)cn1. The molecular formula is C16H23N5O. The average molecular weight is 301 g/mol. The second kappa shape index (κ2) is 6.98. The number of hydrogen-bond acceptors (Lipinski definition) is 5. The van der Waals surface area contributed by atoms with Crippen LogP contribution in [0.2, 0.25) is 0 Å². The number of nitrogens with zero attached hydrogens (tertiary/aromatic N) is 5. The van der Waals surface area contributed by atoms with Crippen LogP contribution in [0.15, 0.2) is 24.8 Å². The Balaban J connectivity index is 1.62. The van der Waals surface area contributed by atoms with Crippen molar-refractivity contribution in [3.8, 4) is 0 Å². The summed E-state index contributed by atoms with van der Waals surface area (Å²) in [5.74, 6) is 1.54. The van der Waals surface area contributed by atoms with Gasteiger partial charge in [0.2, 0.25) is 0 Å². The van der Waals surface area contributed by atoms with Crippen LogP contribution >= 0.6 is 0 Å². The van der Waals surface area contributed by atoms with Gasteiger partial charge < -0.3 is 9.30 Å². The molecule has 0 unspecified atom stereocenters. The Bertz CT molecular complexity index is 595. The second-order valence-electron chi connectivity index (χ2n) is 5.98. The van der Waals surface area contributed by atoms with E-state index in [0.29, 0.717) is 5.92 Å². The molecule has 0 bridgehead atoms. The van der Waals surface area contributed by atoms with E-state index in [1.54, 1.807) is 0 Å². The molecule has 6 heteroatoms. The molecule has 1 saturated heterocycles. The molecule has 3 heterocycles. The largest absolute Gasteiger partial charge is 0.380 e. The summed E-state index contributed by atoms with van der Waals surface area (Å²) in [6.45, 7) is 6.33. The van der Waals surface area contributed by atoms with E-state index in [9.17, 15) is 0 Å². The quantitative estimate of drug-likeness (QED) is 0.849. The summed E-state index contributed by atoms with van der Waals surface area (Å²) in [6, 6.07) is 0. The average Bonchev–Trinajstić information content (AvgIpc) is 2.78. The van der Waals surface area contributed by atoms with Crippen LogP contribution in [-0.4, -0.2) is 50.7 Å². The molecule has 6 nitrogen and oxygen atoms in total. The maximum atomic E-state index is 5.77. The van der Waals surface area contributed by atoms with Crippen LogP contribution in [0.5, 0.6) is 0 Å². The normalized spacial score (nSPS) is 20.0. The predicted molar refractivity (Wildman–Crippen MR) is 83.3 cm³/mol. The van der Waals surface area contributed by atoms with Gasteiger partial charge in [0.25, 0.3) is 0 Å². The van der Waals surface area contributed by atoms with Gasteiger partial charge >= 0.3 is 0 Å². The molecule has 2 aromatic heterocycles. The van der Waals surface area contributed by atoms with Gasteiger partial charge in [-0.15, -0.1) is 0 Å². The molecule has 22 heavy (non-hydrogen) atoms. The highest BCUT2D eigenvalue weighted by atomic mass is 16.5. The lowest BCUT2D eigenvalue weighted by atomic mass is 10.0. The number of aromatic nitrogens is 4. The molecule has 0 saturated carbocycles. The lowest BCUT2D eigenvalue weighted by molar-refractivity contribution is 0.121. The summed E-state index contributed by atoms with van der Waals surface area (Å²) in [6.07, 6.45) is 8.46. The number of imidazole rings is 1. The molecule has 0 aromatic carbocycles. The third kappa shape index (κ3) is 3.90. The van der Waals surface area contributed by atoms with Crippen molar-refractivity contribution in [3.05, 3.63) is 42.0 Å². The molecule has 3 rings (SSSR count). The maximum absolute atomic E-state index is 5.77. The summed E-state index contributed by atoms with van der Waals surface area (Å²) in [5.41, 5.74) is 2.00. The van der Waals surface area contributed by atoms with Crippen molar-refractivity contribution in [2.45, 2.75) is 19.9 Å². The van der Waals surface area contributed by atoms with E-state index in [1.807, 2.05) is 38.8 Å². The summed E-state index contributed by atoms with van der Waals surface area (Å²) >= 11 is 0. The zero-order valence-electron chi connectivity index (χ0n) is 13.3. The van der Waals surface area contributed by atoms with Crippen molar-refractivity contribution < 1.29 is 4.74 Å². The van der Waals surface area contributed by atoms with Gasteiger partial charge in [-0.1, -0.05) is 0 Å². The Morgan fingerprint density at radius 1 is 1.27 bits per heavy atom. The van der Waals surface area contributed by atoms with Gasteiger partial charge in [-0.2, -0.15) is 0 Å². The van der Waals surface area contributed by atoms with Crippen molar-refractivity contribution in [1.82, 2.24) is 24.4 Å². The summed E-state index contributed by atoms with van der Waals surface area (Å²) in [7, 11) is 2.04. The van der Waals surface area contributed by atoms with Crippen LogP contribution in [-0.2, 0) is 24.8 Å². The van der Waals surface area contributed by atoms with E-state index < -0.39 is 0 Å². The topological polar surface area (TPSA) is 56.1 Å². The lowest BCUT2D eigenvalue weighted by Crippen LogP contribution is -2.31. The van der Waals surface area contributed by atoms with Gasteiger partial charge in [-0.25, -0.2) is 4.98 Å². The number of aryl methyl sites for hydroxylation is 2. The van der Waals surface area contributed by atoms with E-state index in [2.05, 4.69) is 24.4 Å². The first kappa shape index (κ1) is 15.1. The Morgan fingerprint density at radius 2 is 2.18 bits per heavy atom. The minimum Gasteiger partial charge on any atom is -0.380 e. The fraction of sp³-hybridized carbons (Fsp3) is 0.562. The van der Waals surface area contributed by atoms with Gasteiger partial charge in [0, 0.05) is 50.8 Å². The monoisotopic (exact) mass is 301 g/mol. The smallest absolute Gasteiger partial charge is 0.122 e. The van der Waals surface area contributed by atoms with Gasteiger partial charge in [0.1, 0.15) is 5.82 Å². The zero-order valence-corrected chi connectivity index (χ0v) is 13.3. The summed E-state index contributed by atoms with van der Waals surface area (Å²) < 4.78 is 7.84. The second-order valence-corrected chi connectivity index (χ2v) is 5.98. The van der Waals surface area contributed by atoms with E-state index in [-0.39, 0.29) is 0 Å². The molecule has 1 aliphatic rings. The van der Waals surface area contributed by atoms with Crippen LogP contribution in [0.4, 0.5) is 0 Å². The first-order valence-corrected chi connectivity index (χ1v) is 7.74. The van der Waals surface area contributed by atoms with Crippen LogP contribution in [0.25, 0.3) is 0 Å². The van der Waals surface area contributed by atoms with Crippen LogP contribution in [0.1, 0.15) is 17.2 Å². The third-order valence-corrected chi connectivity index (χ3v) is 4.04. The number of ether oxygens (including phenoxy) is 1. The predicted octanol–water partition coefficient (Wildman–Crippen LogP) is 1.21. The van der Waals surface area contributed by atoms with Crippen molar-refractivity contribution >= 4 is 0 Å². The van der Waals surface area contributed by atoms with Crippen molar-refractivity contribution in [2.75, 3.05) is 26.3 Å². The maximum Gasteiger partial charge on any atom is 0.122 e. The summed E-state index contributed by atoms with van der Waals surface area (Å²) in [5, 5.41) is 0. The first-order valence-electron chi connectivity index (χ1n) is 7.74. The van der Waals surface area contributed by atoms with Gasteiger partial charge in [-0.05, 0) is 13.3 Å². The van der Waals surface area contributed by atoms with E-state index >= 15 is 0 Å². The molecule has 0 spiro atoms. The molecule has 1 fully saturated rings. The van der Waals surface area contributed by atoms with Crippen LogP contribution in [0.3, 0.4) is 0 Å². The minimum atomic E-state index is 0.444. The number of rotatable bonds is 4. The third-order valence-electron chi connectivity index (χ3n) is 4.04. The molecule has 2 aromatic rings.